The van der Waals surface area contributed by atoms with Crippen LogP contribution in [0.5, 0.6) is 0 Å². The first kappa shape index (κ1) is 38.6. The van der Waals surface area contributed by atoms with E-state index in [1.54, 1.807) is 6.08 Å². The molecule has 0 aromatic carbocycles. The molecule has 0 aliphatic heterocycles. The molecule has 4 nitrogen and oxygen atoms in total. The molecule has 2 atom stereocenters. The summed E-state index contributed by atoms with van der Waals surface area (Å²) >= 11 is 0. The van der Waals surface area contributed by atoms with Crippen molar-refractivity contribution in [2.24, 2.45) is 0 Å². The summed E-state index contributed by atoms with van der Waals surface area (Å²) in [5.74, 6) is -0.0857. The number of carbonyl (C=O) groups excluding carboxylic acids is 1. The van der Waals surface area contributed by atoms with Gasteiger partial charge in [0.2, 0.25) is 5.91 Å². The van der Waals surface area contributed by atoms with Gasteiger partial charge < -0.3 is 15.5 Å². The average Bonchev–Trinajstić information content (AvgIpc) is 2.96. The SMILES string of the molecule is CCCCCCCC/C=C\CCCCCCCC(=O)NC(CO)C(O)/C=C/CC/C=C/CCCCCCCCC. The first-order valence-corrected chi connectivity index (χ1v) is 17.2. The highest BCUT2D eigenvalue weighted by Gasteiger charge is 2.17. The van der Waals surface area contributed by atoms with Crippen molar-refractivity contribution in [1.29, 1.82) is 0 Å². The Hall–Kier alpha value is -1.39. The second kappa shape index (κ2) is 32.1. The van der Waals surface area contributed by atoms with Crippen LogP contribution in [0.15, 0.2) is 36.5 Å². The molecule has 0 aromatic rings. The predicted molar refractivity (Wildman–Crippen MR) is 175 cm³/mol. The molecule has 1 amide bonds. The van der Waals surface area contributed by atoms with Gasteiger partial charge in [0.15, 0.2) is 0 Å². The maximum absolute atomic E-state index is 12.3. The predicted octanol–water partition coefficient (Wildman–Crippen LogP) is 9.90. The highest BCUT2D eigenvalue weighted by atomic mass is 16.3. The molecule has 0 aliphatic carbocycles. The Bertz CT molecular complexity index is 613. The van der Waals surface area contributed by atoms with Crippen LogP contribution in [0.25, 0.3) is 0 Å². The van der Waals surface area contributed by atoms with Gasteiger partial charge in [-0.1, -0.05) is 140 Å². The summed E-state index contributed by atoms with van der Waals surface area (Å²) in [5.41, 5.74) is 0. The summed E-state index contributed by atoms with van der Waals surface area (Å²) in [4.78, 5) is 12.3. The fourth-order valence-electron chi connectivity index (χ4n) is 4.89. The molecular formula is C36H67NO3. The van der Waals surface area contributed by atoms with E-state index in [2.05, 4.69) is 43.5 Å². The summed E-state index contributed by atoms with van der Waals surface area (Å²) in [6.07, 6.45) is 40.8. The summed E-state index contributed by atoms with van der Waals surface area (Å²) in [6.45, 7) is 4.26. The molecular weight excluding hydrogens is 494 g/mol. The minimum absolute atomic E-state index is 0.0857. The molecule has 0 saturated heterocycles. The van der Waals surface area contributed by atoms with Crippen molar-refractivity contribution in [2.75, 3.05) is 6.61 Å². The van der Waals surface area contributed by atoms with E-state index in [-0.39, 0.29) is 12.5 Å². The van der Waals surface area contributed by atoms with E-state index in [0.29, 0.717) is 6.42 Å². The molecule has 0 aliphatic rings. The van der Waals surface area contributed by atoms with Crippen LogP contribution in [0.2, 0.25) is 0 Å². The Labute approximate surface area is 249 Å². The Morgan fingerprint density at radius 2 is 0.975 bits per heavy atom. The molecule has 0 heterocycles. The normalized spacial score (nSPS) is 13.6. The van der Waals surface area contributed by atoms with Gasteiger partial charge in [-0.25, -0.2) is 0 Å². The number of hydrogen-bond acceptors (Lipinski definition) is 3. The second-order valence-electron chi connectivity index (χ2n) is 11.6. The van der Waals surface area contributed by atoms with E-state index in [9.17, 15) is 15.0 Å². The van der Waals surface area contributed by atoms with Crippen LogP contribution in [0.1, 0.15) is 168 Å². The van der Waals surface area contributed by atoms with E-state index in [0.717, 1.165) is 44.9 Å². The maximum Gasteiger partial charge on any atom is 0.220 e. The third kappa shape index (κ3) is 28.1. The molecule has 0 radical (unpaired) electrons. The van der Waals surface area contributed by atoms with Gasteiger partial charge >= 0.3 is 0 Å². The standard InChI is InChI=1S/C36H67NO3/c1-3-5-7-9-11-13-15-17-18-20-22-24-26-28-30-32-36(40)37-34(33-38)35(39)31-29-27-25-23-21-19-16-14-12-10-8-6-4-2/h17-18,21,23,29,31,34-35,38-39H,3-16,19-20,22,24-28,30,32-33H2,1-2H3,(H,37,40)/b18-17-,23-21+,31-29+. The van der Waals surface area contributed by atoms with Crippen LogP contribution < -0.4 is 5.32 Å². The van der Waals surface area contributed by atoms with Gasteiger partial charge in [-0.3, -0.25) is 4.79 Å². The number of rotatable bonds is 30. The topological polar surface area (TPSA) is 69.6 Å². The molecule has 0 spiro atoms. The number of nitrogens with one attached hydrogen (secondary N) is 1. The lowest BCUT2D eigenvalue weighted by molar-refractivity contribution is -0.123. The van der Waals surface area contributed by atoms with E-state index in [1.165, 1.54) is 103 Å². The number of amides is 1. The Kier molecular flexibility index (Phi) is 31.0. The lowest BCUT2D eigenvalue weighted by atomic mass is 10.1. The van der Waals surface area contributed by atoms with Gasteiger partial charge in [-0.15, -0.1) is 0 Å². The molecule has 2 unspecified atom stereocenters. The van der Waals surface area contributed by atoms with E-state index in [4.69, 9.17) is 0 Å². The van der Waals surface area contributed by atoms with Crippen molar-refractivity contribution in [3.8, 4) is 0 Å². The summed E-state index contributed by atoms with van der Waals surface area (Å²) in [7, 11) is 0. The van der Waals surface area contributed by atoms with E-state index < -0.39 is 12.1 Å². The van der Waals surface area contributed by atoms with Crippen molar-refractivity contribution in [2.45, 2.75) is 180 Å². The van der Waals surface area contributed by atoms with Gasteiger partial charge in [-0.05, 0) is 57.8 Å². The molecule has 0 saturated carbocycles. The number of unbranched alkanes of at least 4 members (excludes halogenated alkanes) is 19. The number of carbonyl (C=O) groups is 1. The Balaban J connectivity index is 3.72. The smallest absolute Gasteiger partial charge is 0.220 e. The fourth-order valence-corrected chi connectivity index (χ4v) is 4.89. The Morgan fingerprint density at radius 1 is 0.575 bits per heavy atom. The third-order valence-electron chi connectivity index (χ3n) is 7.60. The van der Waals surface area contributed by atoms with Gasteiger partial charge in [0.25, 0.3) is 0 Å². The van der Waals surface area contributed by atoms with Gasteiger partial charge in [0.1, 0.15) is 0 Å². The lowest BCUT2D eigenvalue weighted by Crippen LogP contribution is -2.45. The number of hydrogen-bond donors (Lipinski definition) is 3. The van der Waals surface area contributed by atoms with Crippen LogP contribution in [0, 0.1) is 0 Å². The first-order chi connectivity index (χ1) is 19.7. The molecule has 40 heavy (non-hydrogen) atoms. The maximum atomic E-state index is 12.3. The molecule has 0 rings (SSSR count). The minimum Gasteiger partial charge on any atom is -0.394 e. The second-order valence-corrected chi connectivity index (χ2v) is 11.6. The van der Waals surface area contributed by atoms with E-state index in [1.807, 2.05) is 6.08 Å². The highest BCUT2D eigenvalue weighted by Crippen LogP contribution is 2.11. The summed E-state index contributed by atoms with van der Waals surface area (Å²) < 4.78 is 0. The largest absolute Gasteiger partial charge is 0.394 e. The zero-order chi connectivity index (χ0) is 29.4. The summed E-state index contributed by atoms with van der Waals surface area (Å²) in [5, 5.41) is 22.8. The zero-order valence-corrected chi connectivity index (χ0v) is 26.6. The highest BCUT2D eigenvalue weighted by molar-refractivity contribution is 5.76. The van der Waals surface area contributed by atoms with Crippen molar-refractivity contribution in [3.05, 3.63) is 36.5 Å². The van der Waals surface area contributed by atoms with Crippen molar-refractivity contribution >= 4 is 5.91 Å². The average molecular weight is 562 g/mol. The van der Waals surface area contributed by atoms with Gasteiger partial charge in [-0.2, -0.15) is 0 Å². The van der Waals surface area contributed by atoms with Crippen molar-refractivity contribution in [3.63, 3.8) is 0 Å². The van der Waals surface area contributed by atoms with Crippen LogP contribution in [0.4, 0.5) is 0 Å². The van der Waals surface area contributed by atoms with Gasteiger partial charge in [0.05, 0.1) is 18.8 Å². The molecule has 234 valence electrons. The van der Waals surface area contributed by atoms with Crippen LogP contribution in [-0.4, -0.2) is 34.9 Å². The molecule has 3 N–H and O–H groups in total. The Morgan fingerprint density at radius 3 is 1.45 bits per heavy atom. The number of aliphatic hydroxyl groups is 2. The first-order valence-electron chi connectivity index (χ1n) is 17.2. The quantitative estimate of drug-likeness (QED) is 0.0603. The molecule has 0 aromatic heterocycles. The zero-order valence-electron chi connectivity index (χ0n) is 26.6. The van der Waals surface area contributed by atoms with Crippen LogP contribution in [0.3, 0.4) is 0 Å². The summed E-state index contributed by atoms with van der Waals surface area (Å²) in [6, 6.07) is -0.639. The van der Waals surface area contributed by atoms with Crippen LogP contribution >= 0.6 is 0 Å². The van der Waals surface area contributed by atoms with Crippen molar-refractivity contribution in [1.82, 2.24) is 5.32 Å². The monoisotopic (exact) mass is 562 g/mol. The third-order valence-corrected chi connectivity index (χ3v) is 7.60. The minimum atomic E-state index is -0.861. The van der Waals surface area contributed by atoms with Crippen molar-refractivity contribution < 1.29 is 15.0 Å². The number of allylic oxidation sites excluding steroid dienone is 5. The van der Waals surface area contributed by atoms with Crippen LogP contribution in [-0.2, 0) is 4.79 Å². The number of aliphatic hydroxyl groups excluding tert-OH is 2. The molecule has 0 bridgehead atoms. The molecule has 0 fully saturated rings. The molecule has 4 heteroatoms. The lowest BCUT2D eigenvalue weighted by Gasteiger charge is -2.19. The fraction of sp³-hybridized carbons (Fsp3) is 0.806. The van der Waals surface area contributed by atoms with E-state index >= 15 is 0 Å². The van der Waals surface area contributed by atoms with Gasteiger partial charge in [0, 0.05) is 6.42 Å².